The molecule has 2 aromatic rings. The van der Waals surface area contributed by atoms with Gasteiger partial charge in [-0.05, 0) is 23.8 Å². The topological polar surface area (TPSA) is 90.4 Å². The molecule has 0 heterocycles. The van der Waals surface area contributed by atoms with Crippen LogP contribution in [0.4, 0.5) is 11.4 Å². The highest BCUT2D eigenvalue weighted by atomic mass is 35.5. The summed E-state index contributed by atoms with van der Waals surface area (Å²) in [4.78, 5) is 10.3. The lowest BCUT2D eigenvalue weighted by atomic mass is 10.1. The maximum atomic E-state index is 10.8. The molecule has 7 heteroatoms. The minimum Gasteiger partial charge on any atom is -0.372 e. The number of nitrogen functional groups attached to an aromatic ring is 1. The minimum atomic E-state index is -0.458. The molecule has 0 unspecified atom stereocenters. The van der Waals surface area contributed by atoms with Crippen molar-refractivity contribution >= 4 is 23.0 Å². The van der Waals surface area contributed by atoms with Gasteiger partial charge in [0.15, 0.2) is 0 Å². The molecule has 0 aliphatic heterocycles. The van der Waals surface area contributed by atoms with E-state index in [1.54, 1.807) is 18.2 Å². The van der Waals surface area contributed by atoms with Crippen LogP contribution in [-0.2, 0) is 18.0 Å². The highest BCUT2D eigenvalue weighted by Crippen LogP contribution is 2.22. The van der Waals surface area contributed by atoms with Gasteiger partial charge in [-0.3, -0.25) is 16.0 Å². The maximum Gasteiger partial charge on any atom is 0.269 e. The number of non-ortho nitro benzene ring substituents is 1. The Labute approximate surface area is 126 Å². The average Bonchev–Trinajstić information content (AvgIpc) is 2.47. The SMILES string of the molecule is NNc1ccc([N+](=O)[O-])cc1COCc1cccc(Cl)c1. The van der Waals surface area contributed by atoms with E-state index in [1.807, 2.05) is 12.1 Å². The number of nitrogens with zero attached hydrogens (tertiary/aromatic N) is 1. The van der Waals surface area contributed by atoms with E-state index in [9.17, 15) is 10.1 Å². The van der Waals surface area contributed by atoms with Gasteiger partial charge in [-0.25, -0.2) is 0 Å². The molecule has 6 nitrogen and oxygen atoms in total. The highest BCUT2D eigenvalue weighted by Gasteiger charge is 2.10. The summed E-state index contributed by atoms with van der Waals surface area (Å²) < 4.78 is 5.56. The number of nitro groups is 1. The van der Waals surface area contributed by atoms with Crippen LogP contribution < -0.4 is 11.3 Å². The van der Waals surface area contributed by atoms with Crippen molar-refractivity contribution in [2.24, 2.45) is 5.84 Å². The van der Waals surface area contributed by atoms with E-state index in [1.165, 1.54) is 12.1 Å². The standard InChI is InChI=1S/C14H14ClN3O3/c15-12-3-1-2-10(6-12)8-21-9-11-7-13(18(19)20)4-5-14(11)17-16/h1-7,17H,8-9,16H2. The van der Waals surface area contributed by atoms with Gasteiger partial charge in [-0.1, -0.05) is 23.7 Å². The first kappa shape index (κ1) is 15.2. The van der Waals surface area contributed by atoms with Crippen molar-refractivity contribution in [1.29, 1.82) is 0 Å². The lowest BCUT2D eigenvalue weighted by Gasteiger charge is -2.10. The first-order chi connectivity index (χ1) is 10.1. The number of benzene rings is 2. The fourth-order valence-corrected chi connectivity index (χ4v) is 2.07. The van der Waals surface area contributed by atoms with Crippen LogP contribution in [0.15, 0.2) is 42.5 Å². The quantitative estimate of drug-likeness (QED) is 0.485. The molecule has 2 rings (SSSR count). The minimum absolute atomic E-state index is 0.00430. The second-order valence-electron chi connectivity index (χ2n) is 4.37. The van der Waals surface area contributed by atoms with Crippen LogP contribution in [-0.4, -0.2) is 4.92 Å². The van der Waals surface area contributed by atoms with Gasteiger partial charge in [0.25, 0.3) is 5.69 Å². The van der Waals surface area contributed by atoms with E-state index in [0.717, 1.165) is 5.56 Å². The molecular formula is C14H14ClN3O3. The number of ether oxygens (including phenoxy) is 1. The summed E-state index contributed by atoms with van der Waals surface area (Å²) in [5.74, 6) is 5.39. The summed E-state index contributed by atoms with van der Waals surface area (Å²) in [6.07, 6.45) is 0. The summed E-state index contributed by atoms with van der Waals surface area (Å²) in [6, 6.07) is 11.7. The predicted molar refractivity (Wildman–Crippen MR) is 80.9 cm³/mol. The third-order valence-corrected chi connectivity index (χ3v) is 3.11. The first-order valence-electron chi connectivity index (χ1n) is 6.16. The monoisotopic (exact) mass is 307 g/mol. The fraction of sp³-hybridized carbons (Fsp3) is 0.143. The summed E-state index contributed by atoms with van der Waals surface area (Å²) in [5, 5.41) is 11.4. The van der Waals surface area contributed by atoms with Gasteiger partial charge in [0.05, 0.1) is 23.8 Å². The zero-order valence-electron chi connectivity index (χ0n) is 11.1. The normalized spacial score (nSPS) is 10.4. The van der Waals surface area contributed by atoms with Crippen LogP contribution in [0, 0.1) is 10.1 Å². The van der Waals surface area contributed by atoms with Crippen molar-refractivity contribution in [3.8, 4) is 0 Å². The third-order valence-electron chi connectivity index (χ3n) is 2.87. The maximum absolute atomic E-state index is 10.8. The third kappa shape index (κ3) is 4.16. The smallest absolute Gasteiger partial charge is 0.269 e. The number of nitrogens with two attached hydrogens (primary N) is 1. The number of hydrazine groups is 1. The molecule has 0 aliphatic carbocycles. The van der Waals surface area contributed by atoms with Crippen molar-refractivity contribution < 1.29 is 9.66 Å². The Hall–Kier alpha value is -2.15. The molecule has 0 bridgehead atoms. The lowest BCUT2D eigenvalue weighted by Crippen LogP contribution is -2.10. The van der Waals surface area contributed by atoms with Crippen LogP contribution in [0.25, 0.3) is 0 Å². The number of nitro benzene ring substituents is 1. The van der Waals surface area contributed by atoms with Gasteiger partial charge in [0.1, 0.15) is 0 Å². The Kier molecular flexibility index (Phi) is 5.10. The molecule has 110 valence electrons. The lowest BCUT2D eigenvalue weighted by molar-refractivity contribution is -0.384. The van der Waals surface area contributed by atoms with E-state index in [-0.39, 0.29) is 12.3 Å². The van der Waals surface area contributed by atoms with Gasteiger partial charge in [-0.15, -0.1) is 0 Å². The Bertz CT molecular complexity index is 649. The molecule has 3 N–H and O–H groups in total. The largest absolute Gasteiger partial charge is 0.372 e. The van der Waals surface area contributed by atoms with Crippen molar-refractivity contribution in [3.63, 3.8) is 0 Å². The number of rotatable bonds is 6. The average molecular weight is 308 g/mol. The molecule has 0 saturated carbocycles. The van der Waals surface area contributed by atoms with Crippen LogP contribution in [0.2, 0.25) is 5.02 Å². The second-order valence-corrected chi connectivity index (χ2v) is 4.80. The fourth-order valence-electron chi connectivity index (χ4n) is 1.86. The van der Waals surface area contributed by atoms with Crippen molar-refractivity contribution in [1.82, 2.24) is 0 Å². The van der Waals surface area contributed by atoms with Crippen LogP contribution in [0.1, 0.15) is 11.1 Å². The Morgan fingerprint density at radius 1 is 1.24 bits per heavy atom. The molecule has 21 heavy (non-hydrogen) atoms. The second kappa shape index (κ2) is 7.03. The number of hydrogen-bond acceptors (Lipinski definition) is 5. The van der Waals surface area contributed by atoms with Gasteiger partial charge in [-0.2, -0.15) is 0 Å². The van der Waals surface area contributed by atoms with E-state index in [4.69, 9.17) is 22.2 Å². The summed E-state index contributed by atoms with van der Waals surface area (Å²) in [7, 11) is 0. The van der Waals surface area contributed by atoms with Crippen LogP contribution in [0.5, 0.6) is 0 Å². The van der Waals surface area contributed by atoms with Crippen molar-refractivity contribution in [2.45, 2.75) is 13.2 Å². The molecular weight excluding hydrogens is 294 g/mol. The molecule has 0 atom stereocenters. The molecule has 0 aliphatic rings. The van der Waals surface area contributed by atoms with E-state index < -0.39 is 4.92 Å². The summed E-state index contributed by atoms with van der Waals surface area (Å²) >= 11 is 5.89. The van der Waals surface area contributed by atoms with Crippen molar-refractivity contribution in [2.75, 3.05) is 5.43 Å². The zero-order valence-corrected chi connectivity index (χ0v) is 11.8. The Balaban J connectivity index is 2.05. The van der Waals surface area contributed by atoms with Gasteiger partial charge >= 0.3 is 0 Å². The number of halogens is 1. The predicted octanol–water partition coefficient (Wildman–Crippen LogP) is 3.25. The molecule has 0 fully saturated rings. The van der Waals surface area contributed by atoms with E-state index in [2.05, 4.69) is 5.43 Å². The molecule has 0 amide bonds. The summed E-state index contributed by atoms with van der Waals surface area (Å²) in [6.45, 7) is 0.557. The van der Waals surface area contributed by atoms with E-state index in [0.29, 0.717) is 22.9 Å². The van der Waals surface area contributed by atoms with Gasteiger partial charge in [0, 0.05) is 22.7 Å². The Morgan fingerprint density at radius 2 is 2.05 bits per heavy atom. The van der Waals surface area contributed by atoms with Gasteiger partial charge < -0.3 is 10.2 Å². The summed E-state index contributed by atoms with van der Waals surface area (Å²) in [5.41, 5.74) is 4.63. The number of anilines is 1. The zero-order chi connectivity index (χ0) is 15.2. The molecule has 2 aromatic carbocycles. The van der Waals surface area contributed by atoms with Gasteiger partial charge in [0.2, 0.25) is 0 Å². The van der Waals surface area contributed by atoms with Crippen molar-refractivity contribution in [3.05, 3.63) is 68.7 Å². The molecule has 0 saturated heterocycles. The first-order valence-corrected chi connectivity index (χ1v) is 6.54. The highest BCUT2D eigenvalue weighted by molar-refractivity contribution is 6.30. The molecule has 0 aromatic heterocycles. The molecule has 0 radical (unpaired) electrons. The van der Waals surface area contributed by atoms with Crippen LogP contribution in [0.3, 0.4) is 0 Å². The van der Waals surface area contributed by atoms with E-state index >= 15 is 0 Å². The van der Waals surface area contributed by atoms with Crippen LogP contribution >= 0.6 is 11.6 Å². The Morgan fingerprint density at radius 3 is 2.71 bits per heavy atom. The number of hydrogen-bond donors (Lipinski definition) is 2. The number of nitrogens with one attached hydrogen (secondary N) is 1. The molecule has 0 spiro atoms.